The fourth-order valence-corrected chi connectivity index (χ4v) is 2.84. The zero-order valence-corrected chi connectivity index (χ0v) is 11.9. The van der Waals surface area contributed by atoms with Crippen molar-refractivity contribution in [2.45, 2.75) is 38.1 Å². The van der Waals surface area contributed by atoms with Crippen molar-refractivity contribution in [2.24, 2.45) is 5.92 Å². The summed E-state index contributed by atoms with van der Waals surface area (Å²) in [6, 6.07) is 5.45. The molecule has 2 aliphatic rings. The molecule has 0 bridgehead atoms. The summed E-state index contributed by atoms with van der Waals surface area (Å²) in [6.45, 7) is 0.0949. The third-order valence-electron chi connectivity index (χ3n) is 4.21. The second-order valence-corrected chi connectivity index (χ2v) is 5.85. The lowest BCUT2D eigenvalue weighted by molar-refractivity contribution is -0.116. The van der Waals surface area contributed by atoms with E-state index in [1.165, 1.54) is 0 Å². The van der Waals surface area contributed by atoms with Crippen molar-refractivity contribution in [1.29, 1.82) is 0 Å². The van der Waals surface area contributed by atoms with Gasteiger partial charge in [-0.15, -0.1) is 0 Å². The van der Waals surface area contributed by atoms with E-state index >= 15 is 0 Å². The smallest absolute Gasteiger partial charge is 0.251 e. The van der Waals surface area contributed by atoms with Crippen LogP contribution in [-0.2, 0) is 11.2 Å². The summed E-state index contributed by atoms with van der Waals surface area (Å²) in [6.07, 6.45) is 4.00. The number of nitrogens with one attached hydrogen (secondary N) is 2. The first-order chi connectivity index (χ1) is 10.2. The molecule has 3 N–H and O–H groups in total. The van der Waals surface area contributed by atoms with Crippen LogP contribution in [0.25, 0.3) is 0 Å². The Balaban J connectivity index is 1.71. The summed E-state index contributed by atoms with van der Waals surface area (Å²) in [5.74, 6) is 0.439. The highest BCUT2D eigenvalue weighted by Crippen LogP contribution is 2.34. The van der Waals surface area contributed by atoms with Gasteiger partial charge in [0.2, 0.25) is 5.91 Å². The molecule has 21 heavy (non-hydrogen) atoms. The molecule has 0 radical (unpaired) electrons. The van der Waals surface area contributed by atoms with Crippen LogP contribution in [0.2, 0.25) is 0 Å². The quantitative estimate of drug-likeness (QED) is 0.767. The number of fused-ring (bicyclic) bond motifs is 1. The number of aliphatic hydroxyl groups is 1. The molecule has 1 aliphatic carbocycles. The third-order valence-corrected chi connectivity index (χ3v) is 4.21. The molecule has 1 saturated carbocycles. The molecule has 1 aromatic rings. The monoisotopic (exact) mass is 288 g/mol. The average molecular weight is 288 g/mol. The minimum absolute atomic E-state index is 0.0245. The highest BCUT2D eigenvalue weighted by molar-refractivity contribution is 5.98. The minimum atomic E-state index is -0.0972. The van der Waals surface area contributed by atoms with Gasteiger partial charge in [0.1, 0.15) is 0 Å². The molecule has 1 unspecified atom stereocenters. The lowest BCUT2D eigenvalue weighted by atomic mass is 9.99. The van der Waals surface area contributed by atoms with E-state index in [1.807, 2.05) is 6.07 Å². The number of rotatable bonds is 5. The Kier molecular flexibility index (Phi) is 3.92. The molecule has 112 valence electrons. The topological polar surface area (TPSA) is 78.4 Å². The van der Waals surface area contributed by atoms with E-state index in [-0.39, 0.29) is 24.5 Å². The molecular weight excluding hydrogens is 268 g/mol. The molecule has 1 atom stereocenters. The number of amides is 2. The zero-order valence-electron chi connectivity index (χ0n) is 11.9. The van der Waals surface area contributed by atoms with Crippen molar-refractivity contribution < 1.29 is 14.7 Å². The van der Waals surface area contributed by atoms with E-state index in [2.05, 4.69) is 10.6 Å². The van der Waals surface area contributed by atoms with Crippen LogP contribution >= 0.6 is 0 Å². The number of hydrogen-bond donors (Lipinski definition) is 3. The molecule has 0 spiro atoms. The zero-order chi connectivity index (χ0) is 14.8. The van der Waals surface area contributed by atoms with Crippen molar-refractivity contribution >= 4 is 17.5 Å². The van der Waals surface area contributed by atoms with Gasteiger partial charge in [-0.25, -0.2) is 0 Å². The molecule has 0 aromatic heterocycles. The van der Waals surface area contributed by atoms with E-state index in [9.17, 15) is 9.59 Å². The second kappa shape index (κ2) is 5.85. The van der Waals surface area contributed by atoms with Crippen molar-refractivity contribution in [3.63, 3.8) is 0 Å². The highest BCUT2D eigenvalue weighted by atomic mass is 16.3. The van der Waals surface area contributed by atoms with E-state index in [4.69, 9.17) is 5.11 Å². The molecular formula is C16H20N2O3. The predicted molar refractivity (Wildman–Crippen MR) is 79.1 cm³/mol. The van der Waals surface area contributed by atoms with Crippen LogP contribution < -0.4 is 10.6 Å². The molecule has 2 amide bonds. The van der Waals surface area contributed by atoms with Gasteiger partial charge in [0.25, 0.3) is 5.91 Å². The molecule has 5 nitrogen and oxygen atoms in total. The predicted octanol–water partition coefficient (Wildman–Crippen LogP) is 1.46. The van der Waals surface area contributed by atoms with Gasteiger partial charge in [-0.2, -0.15) is 0 Å². The van der Waals surface area contributed by atoms with Crippen LogP contribution in [0.5, 0.6) is 0 Å². The van der Waals surface area contributed by atoms with Crippen molar-refractivity contribution in [3.05, 3.63) is 29.3 Å². The summed E-state index contributed by atoms with van der Waals surface area (Å²) in [5.41, 5.74) is 2.43. The first-order valence-electron chi connectivity index (χ1n) is 7.52. The van der Waals surface area contributed by atoms with Crippen molar-refractivity contribution in [2.75, 3.05) is 11.9 Å². The lowest BCUT2D eigenvalue weighted by Crippen LogP contribution is -2.37. The molecule has 1 heterocycles. The molecule has 1 aromatic carbocycles. The largest absolute Gasteiger partial charge is 0.396 e. The third kappa shape index (κ3) is 3.24. The Morgan fingerprint density at radius 1 is 1.38 bits per heavy atom. The van der Waals surface area contributed by atoms with Crippen LogP contribution in [0.4, 0.5) is 5.69 Å². The van der Waals surface area contributed by atoms with Crippen molar-refractivity contribution in [3.8, 4) is 0 Å². The summed E-state index contributed by atoms with van der Waals surface area (Å²) in [4.78, 5) is 23.7. The maximum Gasteiger partial charge on any atom is 0.251 e. The van der Waals surface area contributed by atoms with Crippen LogP contribution in [0.15, 0.2) is 18.2 Å². The number of aryl methyl sites for hydroxylation is 1. The van der Waals surface area contributed by atoms with Gasteiger partial charge in [-0.05, 0) is 55.4 Å². The lowest BCUT2D eigenvalue weighted by Gasteiger charge is -2.19. The van der Waals surface area contributed by atoms with Crippen LogP contribution in [0.1, 0.15) is 41.6 Å². The van der Waals surface area contributed by atoms with E-state index < -0.39 is 0 Å². The number of benzene rings is 1. The number of carbonyl (C=O) groups excluding carboxylic acids is 2. The summed E-state index contributed by atoms with van der Waals surface area (Å²) in [5, 5.41) is 14.9. The summed E-state index contributed by atoms with van der Waals surface area (Å²) in [7, 11) is 0. The number of anilines is 1. The Labute approximate surface area is 123 Å². The van der Waals surface area contributed by atoms with Gasteiger partial charge in [-0.3, -0.25) is 9.59 Å². The van der Waals surface area contributed by atoms with Gasteiger partial charge >= 0.3 is 0 Å². The fraction of sp³-hybridized carbons (Fsp3) is 0.500. The van der Waals surface area contributed by atoms with Crippen LogP contribution in [-0.4, -0.2) is 29.6 Å². The Morgan fingerprint density at radius 2 is 2.19 bits per heavy atom. The van der Waals surface area contributed by atoms with E-state index in [0.717, 1.165) is 24.1 Å². The van der Waals surface area contributed by atoms with Gasteiger partial charge in [0.15, 0.2) is 0 Å². The standard InChI is InChI=1S/C16H20N2O3/c19-8-7-14(10-1-2-10)18-16(21)12-3-5-13-11(9-12)4-6-15(20)17-13/h3,5,9-10,14,19H,1-2,4,6-8H2,(H,17,20)(H,18,21). The van der Waals surface area contributed by atoms with Crippen molar-refractivity contribution in [1.82, 2.24) is 5.32 Å². The van der Waals surface area contributed by atoms with Gasteiger partial charge in [0.05, 0.1) is 0 Å². The first kappa shape index (κ1) is 14.1. The Hall–Kier alpha value is -1.88. The molecule has 5 heteroatoms. The minimum Gasteiger partial charge on any atom is -0.396 e. The SMILES string of the molecule is O=C1CCc2cc(C(=O)NC(CCO)C3CC3)ccc2N1. The Morgan fingerprint density at radius 3 is 2.90 bits per heavy atom. The number of aliphatic hydroxyl groups excluding tert-OH is 1. The van der Waals surface area contributed by atoms with Gasteiger partial charge < -0.3 is 15.7 Å². The second-order valence-electron chi connectivity index (χ2n) is 5.85. The maximum absolute atomic E-state index is 12.3. The normalized spacial score (nSPS) is 18.6. The molecule has 1 fully saturated rings. The first-order valence-corrected chi connectivity index (χ1v) is 7.52. The maximum atomic E-state index is 12.3. The summed E-state index contributed by atoms with van der Waals surface area (Å²) < 4.78 is 0. The van der Waals surface area contributed by atoms with Crippen LogP contribution in [0, 0.1) is 5.92 Å². The molecule has 0 saturated heterocycles. The Bertz CT molecular complexity index is 567. The van der Waals surface area contributed by atoms with E-state index in [0.29, 0.717) is 30.7 Å². The number of hydrogen-bond acceptors (Lipinski definition) is 3. The summed E-state index contributed by atoms with van der Waals surface area (Å²) >= 11 is 0. The van der Waals surface area contributed by atoms with Gasteiger partial charge in [-0.1, -0.05) is 0 Å². The van der Waals surface area contributed by atoms with E-state index in [1.54, 1.807) is 12.1 Å². The average Bonchev–Trinajstić information content (AvgIpc) is 3.30. The van der Waals surface area contributed by atoms with Gasteiger partial charge in [0, 0.05) is 30.3 Å². The highest BCUT2D eigenvalue weighted by Gasteiger charge is 2.32. The number of carbonyl (C=O) groups is 2. The van der Waals surface area contributed by atoms with Crippen LogP contribution in [0.3, 0.4) is 0 Å². The molecule has 1 aliphatic heterocycles. The molecule has 3 rings (SSSR count). The fourth-order valence-electron chi connectivity index (χ4n) is 2.84.